The van der Waals surface area contributed by atoms with Crippen molar-refractivity contribution in [2.75, 3.05) is 18.4 Å². The quantitative estimate of drug-likeness (QED) is 0.470. The van der Waals surface area contributed by atoms with Crippen molar-refractivity contribution in [1.29, 1.82) is 0 Å². The molecular weight excluding hydrogens is 368 g/mol. The number of hydrogen-bond donors (Lipinski definition) is 2. The first kappa shape index (κ1) is 18.4. The first-order chi connectivity index (χ1) is 14.2. The summed E-state index contributed by atoms with van der Waals surface area (Å²) in [5, 5.41) is 14.5. The predicted molar refractivity (Wildman–Crippen MR) is 108 cm³/mol. The van der Waals surface area contributed by atoms with Gasteiger partial charge < -0.3 is 10.6 Å². The summed E-state index contributed by atoms with van der Waals surface area (Å²) in [4.78, 5) is 21.2. The van der Waals surface area contributed by atoms with Crippen molar-refractivity contribution >= 4 is 11.7 Å². The average Bonchev–Trinajstić information content (AvgIpc) is 3.45. The average molecular weight is 388 g/mol. The van der Waals surface area contributed by atoms with Crippen LogP contribution in [0.2, 0.25) is 0 Å². The Morgan fingerprint density at radius 1 is 0.966 bits per heavy atom. The predicted octanol–water partition coefficient (Wildman–Crippen LogP) is 2.00. The maximum absolute atomic E-state index is 12.4. The zero-order chi connectivity index (χ0) is 20.1. The molecule has 1 amide bonds. The van der Waals surface area contributed by atoms with Gasteiger partial charge in [-0.3, -0.25) is 4.79 Å². The lowest BCUT2D eigenvalue weighted by Gasteiger charge is -2.10. The van der Waals surface area contributed by atoms with Crippen LogP contribution in [0.15, 0.2) is 67.3 Å². The minimum absolute atomic E-state index is 0.142. The molecule has 0 radical (unpaired) electrons. The van der Waals surface area contributed by atoms with Gasteiger partial charge in [-0.2, -0.15) is 10.2 Å². The van der Waals surface area contributed by atoms with Gasteiger partial charge in [-0.25, -0.2) is 19.3 Å². The number of carbonyl (C=O) groups excluding carboxylic acids is 1. The molecule has 0 atom stereocenters. The lowest BCUT2D eigenvalue weighted by Crippen LogP contribution is -2.29. The molecule has 3 heterocycles. The summed E-state index contributed by atoms with van der Waals surface area (Å²) in [5.74, 6) is 1.86. The van der Waals surface area contributed by atoms with E-state index < -0.39 is 0 Å². The summed E-state index contributed by atoms with van der Waals surface area (Å²) in [7, 11) is 0. The number of amides is 1. The van der Waals surface area contributed by atoms with Crippen molar-refractivity contribution in [2.45, 2.75) is 6.92 Å². The Balaban J connectivity index is 1.33. The van der Waals surface area contributed by atoms with Crippen molar-refractivity contribution in [2.24, 2.45) is 0 Å². The van der Waals surface area contributed by atoms with Gasteiger partial charge in [-0.1, -0.05) is 6.07 Å². The van der Waals surface area contributed by atoms with Gasteiger partial charge in [-0.05, 0) is 37.3 Å². The molecule has 1 aromatic carbocycles. The lowest BCUT2D eigenvalue weighted by atomic mass is 10.2. The van der Waals surface area contributed by atoms with E-state index in [1.807, 2.05) is 49.6 Å². The second-order valence-electron chi connectivity index (χ2n) is 6.29. The second kappa shape index (κ2) is 8.34. The normalized spacial score (nSPS) is 10.7. The third-order valence-electron chi connectivity index (χ3n) is 4.16. The summed E-state index contributed by atoms with van der Waals surface area (Å²) >= 11 is 0. The SMILES string of the molecule is Cc1nc(NCCNC(=O)c2cccc(-n3cccn3)c2)cc(-n2cccn2)n1. The Hall–Kier alpha value is -4.01. The highest BCUT2D eigenvalue weighted by Crippen LogP contribution is 2.11. The minimum atomic E-state index is -0.142. The molecule has 4 rings (SSSR count). The highest BCUT2D eigenvalue weighted by atomic mass is 16.1. The summed E-state index contributed by atoms with van der Waals surface area (Å²) in [6.07, 6.45) is 7.05. The molecule has 0 saturated heterocycles. The largest absolute Gasteiger partial charge is 0.368 e. The standard InChI is InChI=1S/C20H20N8O/c1-15-25-18(14-19(26-15)28-12-4-8-24-28)21-9-10-22-20(29)16-5-2-6-17(13-16)27-11-3-7-23-27/h2-8,11-14H,9-10H2,1H3,(H,22,29)(H,21,25,26). The molecule has 0 aliphatic heterocycles. The van der Waals surface area contributed by atoms with Crippen LogP contribution in [-0.4, -0.2) is 48.5 Å². The Labute approximate surface area is 167 Å². The number of benzene rings is 1. The molecule has 0 aliphatic carbocycles. The third kappa shape index (κ3) is 4.46. The molecule has 0 unspecified atom stereocenters. The van der Waals surface area contributed by atoms with Crippen molar-refractivity contribution < 1.29 is 4.79 Å². The van der Waals surface area contributed by atoms with E-state index >= 15 is 0 Å². The van der Waals surface area contributed by atoms with Gasteiger partial charge in [0.1, 0.15) is 11.6 Å². The Morgan fingerprint density at radius 2 is 1.76 bits per heavy atom. The van der Waals surface area contributed by atoms with Gasteiger partial charge in [0.05, 0.1) is 5.69 Å². The van der Waals surface area contributed by atoms with Crippen LogP contribution >= 0.6 is 0 Å². The van der Waals surface area contributed by atoms with Crippen molar-refractivity contribution in [1.82, 2.24) is 34.8 Å². The van der Waals surface area contributed by atoms with Crippen LogP contribution in [0.4, 0.5) is 5.82 Å². The molecule has 2 N–H and O–H groups in total. The zero-order valence-electron chi connectivity index (χ0n) is 15.9. The lowest BCUT2D eigenvalue weighted by molar-refractivity contribution is 0.0955. The Morgan fingerprint density at radius 3 is 2.52 bits per heavy atom. The molecule has 0 spiro atoms. The smallest absolute Gasteiger partial charge is 0.251 e. The molecule has 0 bridgehead atoms. The Kier molecular flexibility index (Phi) is 5.28. The number of carbonyl (C=O) groups is 1. The molecule has 0 fully saturated rings. The number of aromatic nitrogens is 6. The van der Waals surface area contributed by atoms with Crippen LogP contribution in [0.25, 0.3) is 11.5 Å². The molecule has 9 nitrogen and oxygen atoms in total. The maximum atomic E-state index is 12.4. The maximum Gasteiger partial charge on any atom is 0.251 e. The number of nitrogens with zero attached hydrogens (tertiary/aromatic N) is 6. The highest BCUT2D eigenvalue weighted by molar-refractivity contribution is 5.94. The molecule has 0 saturated carbocycles. The van der Waals surface area contributed by atoms with E-state index in [9.17, 15) is 4.79 Å². The number of anilines is 1. The Bertz CT molecular complexity index is 1090. The summed E-state index contributed by atoms with van der Waals surface area (Å²) in [5.41, 5.74) is 1.42. The zero-order valence-corrected chi connectivity index (χ0v) is 15.9. The van der Waals surface area contributed by atoms with Gasteiger partial charge in [-0.15, -0.1) is 0 Å². The van der Waals surface area contributed by atoms with Gasteiger partial charge in [0.2, 0.25) is 0 Å². The van der Waals surface area contributed by atoms with Crippen LogP contribution in [0.5, 0.6) is 0 Å². The number of hydrogen-bond acceptors (Lipinski definition) is 6. The molecule has 9 heteroatoms. The van der Waals surface area contributed by atoms with E-state index in [0.717, 1.165) is 5.69 Å². The molecule has 4 aromatic rings. The van der Waals surface area contributed by atoms with Crippen LogP contribution in [0.1, 0.15) is 16.2 Å². The van der Waals surface area contributed by atoms with Crippen LogP contribution in [0, 0.1) is 6.92 Å². The van der Waals surface area contributed by atoms with Crippen molar-refractivity contribution in [3.8, 4) is 11.5 Å². The third-order valence-corrected chi connectivity index (χ3v) is 4.16. The van der Waals surface area contributed by atoms with Gasteiger partial charge in [0, 0.05) is 49.5 Å². The fourth-order valence-electron chi connectivity index (χ4n) is 2.84. The highest BCUT2D eigenvalue weighted by Gasteiger charge is 2.07. The second-order valence-corrected chi connectivity index (χ2v) is 6.29. The number of rotatable bonds is 7. The fraction of sp³-hybridized carbons (Fsp3) is 0.150. The summed E-state index contributed by atoms with van der Waals surface area (Å²) < 4.78 is 3.39. The first-order valence-corrected chi connectivity index (χ1v) is 9.17. The number of nitrogens with one attached hydrogen (secondary N) is 2. The van der Waals surface area contributed by atoms with Gasteiger partial charge in [0.25, 0.3) is 5.91 Å². The molecule has 29 heavy (non-hydrogen) atoms. The molecule has 146 valence electrons. The van der Waals surface area contributed by atoms with Gasteiger partial charge >= 0.3 is 0 Å². The number of aryl methyl sites for hydroxylation is 1. The van der Waals surface area contributed by atoms with E-state index in [0.29, 0.717) is 36.1 Å². The molecule has 0 aliphatic rings. The van der Waals surface area contributed by atoms with Crippen LogP contribution in [-0.2, 0) is 0 Å². The van der Waals surface area contributed by atoms with E-state index in [1.54, 1.807) is 33.9 Å². The summed E-state index contributed by atoms with van der Waals surface area (Å²) in [6.45, 7) is 2.80. The van der Waals surface area contributed by atoms with E-state index in [-0.39, 0.29) is 5.91 Å². The fourth-order valence-corrected chi connectivity index (χ4v) is 2.84. The van der Waals surface area contributed by atoms with E-state index in [2.05, 4.69) is 30.8 Å². The summed E-state index contributed by atoms with van der Waals surface area (Å²) in [6, 6.07) is 12.8. The van der Waals surface area contributed by atoms with E-state index in [4.69, 9.17) is 0 Å². The van der Waals surface area contributed by atoms with E-state index in [1.165, 1.54) is 0 Å². The van der Waals surface area contributed by atoms with Crippen LogP contribution in [0.3, 0.4) is 0 Å². The minimum Gasteiger partial charge on any atom is -0.368 e. The van der Waals surface area contributed by atoms with Crippen molar-refractivity contribution in [3.05, 3.63) is 78.6 Å². The first-order valence-electron chi connectivity index (χ1n) is 9.17. The monoisotopic (exact) mass is 388 g/mol. The van der Waals surface area contributed by atoms with Crippen LogP contribution < -0.4 is 10.6 Å². The van der Waals surface area contributed by atoms with Crippen molar-refractivity contribution in [3.63, 3.8) is 0 Å². The molecular formula is C20H20N8O. The van der Waals surface area contributed by atoms with Gasteiger partial charge in [0.15, 0.2) is 5.82 Å². The molecule has 3 aromatic heterocycles. The topological polar surface area (TPSA) is 103 Å².